The highest BCUT2D eigenvalue weighted by Gasteiger charge is 2.33. The van der Waals surface area contributed by atoms with Crippen LogP contribution in [0.25, 0.3) is 6.08 Å². The molecule has 0 aliphatic carbocycles. The Morgan fingerprint density at radius 2 is 1.73 bits per heavy atom. The Morgan fingerprint density at radius 1 is 1.02 bits per heavy atom. The van der Waals surface area contributed by atoms with Crippen LogP contribution in [0.4, 0.5) is 0 Å². The van der Waals surface area contributed by atoms with Crippen LogP contribution in [-0.4, -0.2) is 17.1 Å². The molecule has 1 aliphatic rings. The van der Waals surface area contributed by atoms with Gasteiger partial charge < -0.3 is 9.47 Å². The summed E-state index contributed by atoms with van der Waals surface area (Å²) in [6.07, 6.45) is 1.80. The fourth-order valence-electron chi connectivity index (χ4n) is 4.36. The molecule has 0 fully saturated rings. The van der Waals surface area contributed by atoms with E-state index in [0.29, 0.717) is 48.0 Å². The Morgan fingerprint density at radius 3 is 2.40 bits per heavy atom. The van der Waals surface area contributed by atoms with Crippen LogP contribution < -0.4 is 19.6 Å². The molecule has 2 heterocycles. The zero-order valence-electron chi connectivity index (χ0n) is 21.5. The quantitative estimate of drug-likeness (QED) is 0.228. The molecule has 10 heteroatoms. The molecule has 0 saturated heterocycles. The van der Waals surface area contributed by atoms with Crippen LogP contribution in [0.15, 0.2) is 87.8 Å². The molecule has 1 atom stereocenters. The number of ether oxygens (including phenoxy) is 2. The van der Waals surface area contributed by atoms with Crippen LogP contribution in [0.1, 0.15) is 36.6 Å². The van der Waals surface area contributed by atoms with Crippen molar-refractivity contribution in [2.24, 2.45) is 4.99 Å². The maximum absolute atomic E-state index is 13.7. The summed E-state index contributed by atoms with van der Waals surface area (Å²) in [4.78, 5) is 31.8. The van der Waals surface area contributed by atoms with Crippen molar-refractivity contribution in [3.8, 4) is 5.75 Å². The van der Waals surface area contributed by atoms with Gasteiger partial charge in [-0.1, -0.05) is 76.5 Å². The molecule has 1 aromatic heterocycles. The number of thiazole rings is 1. The fraction of sp³-hybridized carbons (Fsp3) is 0.167. The van der Waals surface area contributed by atoms with E-state index < -0.39 is 12.0 Å². The Bertz CT molecular complexity index is 1790. The lowest BCUT2D eigenvalue weighted by atomic mass is 9.96. The van der Waals surface area contributed by atoms with Gasteiger partial charge >= 0.3 is 5.97 Å². The van der Waals surface area contributed by atoms with E-state index in [4.69, 9.17) is 44.3 Å². The molecule has 0 spiro atoms. The number of carbonyl (C=O) groups excluding carboxylic acids is 1. The molecule has 40 heavy (non-hydrogen) atoms. The number of fused-ring (bicyclic) bond motifs is 1. The molecule has 1 aliphatic heterocycles. The SMILES string of the molecule is CCOC(=O)C1=C(C)N=c2s/c(=C\c3ccc(OCc4ccc(Cl)cc4Cl)cc3)c(=O)n2C1c1ccc(Cl)cc1. The number of halogens is 3. The van der Waals surface area contributed by atoms with E-state index in [2.05, 4.69) is 4.99 Å². The lowest BCUT2D eigenvalue weighted by Crippen LogP contribution is -2.39. The maximum atomic E-state index is 13.7. The third-order valence-electron chi connectivity index (χ3n) is 6.29. The first kappa shape index (κ1) is 28.2. The van der Waals surface area contributed by atoms with Gasteiger partial charge in [0.2, 0.25) is 0 Å². The minimum absolute atomic E-state index is 0.208. The number of carbonyl (C=O) groups is 1. The molecule has 0 amide bonds. The second-order valence-corrected chi connectivity index (χ2v) is 11.2. The first-order chi connectivity index (χ1) is 19.2. The normalized spacial score (nSPS) is 15.0. The number of rotatable bonds is 7. The number of hydrogen-bond donors (Lipinski definition) is 0. The Kier molecular flexibility index (Phi) is 8.47. The standard InChI is InChI=1S/C30H23Cl3N2O4S/c1-3-38-29(37)26-17(2)34-30-35(27(26)19-6-9-21(31)10-7-19)28(36)25(40-30)14-18-4-12-23(13-5-18)39-16-20-8-11-22(32)15-24(20)33/h4-15,27H,3,16H2,1-2H3/b25-14-. The number of hydrogen-bond acceptors (Lipinski definition) is 6. The third kappa shape index (κ3) is 5.88. The van der Waals surface area contributed by atoms with E-state index in [-0.39, 0.29) is 12.2 Å². The summed E-state index contributed by atoms with van der Waals surface area (Å²) < 4.78 is 13.2. The molecule has 0 radical (unpaired) electrons. The van der Waals surface area contributed by atoms with Crippen molar-refractivity contribution in [2.75, 3.05) is 6.61 Å². The second kappa shape index (κ2) is 12.0. The van der Waals surface area contributed by atoms with Crippen LogP contribution >= 0.6 is 46.1 Å². The first-order valence-corrected chi connectivity index (χ1v) is 14.3. The van der Waals surface area contributed by atoms with Gasteiger partial charge in [0.05, 0.1) is 28.5 Å². The predicted molar refractivity (Wildman–Crippen MR) is 159 cm³/mol. The van der Waals surface area contributed by atoms with Crippen molar-refractivity contribution < 1.29 is 14.3 Å². The van der Waals surface area contributed by atoms with Crippen molar-refractivity contribution in [1.29, 1.82) is 0 Å². The highest BCUT2D eigenvalue weighted by Crippen LogP contribution is 2.31. The van der Waals surface area contributed by atoms with E-state index in [1.54, 1.807) is 60.9 Å². The molecule has 0 N–H and O–H groups in total. The smallest absolute Gasteiger partial charge is 0.338 e. The Hall–Kier alpha value is -3.36. The van der Waals surface area contributed by atoms with Crippen LogP contribution in [0.5, 0.6) is 5.75 Å². The zero-order valence-corrected chi connectivity index (χ0v) is 24.6. The monoisotopic (exact) mass is 612 g/mol. The molecule has 3 aromatic carbocycles. The average molecular weight is 614 g/mol. The van der Waals surface area contributed by atoms with Gasteiger partial charge in [-0.25, -0.2) is 9.79 Å². The zero-order chi connectivity index (χ0) is 28.4. The van der Waals surface area contributed by atoms with E-state index in [1.165, 1.54) is 11.3 Å². The first-order valence-electron chi connectivity index (χ1n) is 12.4. The molecule has 204 valence electrons. The van der Waals surface area contributed by atoms with E-state index in [1.807, 2.05) is 30.3 Å². The summed E-state index contributed by atoms with van der Waals surface area (Å²) in [5.41, 5.74) is 2.95. The molecule has 1 unspecified atom stereocenters. The molecular formula is C30H23Cl3N2O4S. The van der Waals surface area contributed by atoms with Gasteiger partial charge in [0.1, 0.15) is 12.4 Å². The Labute approximate surface area is 249 Å². The largest absolute Gasteiger partial charge is 0.489 e. The molecule has 5 rings (SSSR count). The van der Waals surface area contributed by atoms with Gasteiger partial charge in [-0.2, -0.15) is 0 Å². The van der Waals surface area contributed by atoms with Crippen LogP contribution in [0, 0.1) is 0 Å². The van der Waals surface area contributed by atoms with Crippen LogP contribution in [0.3, 0.4) is 0 Å². The molecule has 0 bridgehead atoms. The third-order valence-corrected chi connectivity index (χ3v) is 8.11. The molecule has 4 aromatic rings. The van der Waals surface area contributed by atoms with Crippen molar-refractivity contribution in [1.82, 2.24) is 4.57 Å². The number of aromatic nitrogens is 1. The summed E-state index contributed by atoms with van der Waals surface area (Å²) in [5.74, 6) is 0.149. The predicted octanol–water partition coefficient (Wildman–Crippen LogP) is 6.34. The lowest BCUT2D eigenvalue weighted by molar-refractivity contribution is -0.139. The highest BCUT2D eigenvalue weighted by atomic mass is 35.5. The summed E-state index contributed by atoms with van der Waals surface area (Å²) >= 11 is 19.6. The summed E-state index contributed by atoms with van der Waals surface area (Å²) in [5, 5.41) is 1.66. The number of nitrogens with zero attached hydrogens (tertiary/aromatic N) is 2. The van der Waals surface area contributed by atoms with Crippen molar-refractivity contribution in [2.45, 2.75) is 26.5 Å². The molecule has 6 nitrogen and oxygen atoms in total. The topological polar surface area (TPSA) is 69.9 Å². The van der Waals surface area contributed by atoms with Crippen molar-refractivity contribution in [3.63, 3.8) is 0 Å². The lowest BCUT2D eigenvalue weighted by Gasteiger charge is -2.24. The minimum atomic E-state index is -0.690. The maximum Gasteiger partial charge on any atom is 0.338 e. The fourth-order valence-corrected chi connectivity index (χ4v) is 6.00. The van der Waals surface area contributed by atoms with Gasteiger partial charge in [0, 0.05) is 20.6 Å². The highest BCUT2D eigenvalue weighted by molar-refractivity contribution is 7.07. The minimum Gasteiger partial charge on any atom is -0.489 e. The molecule has 0 saturated carbocycles. The van der Waals surface area contributed by atoms with Gasteiger partial charge in [-0.05, 0) is 67.4 Å². The number of esters is 1. The van der Waals surface area contributed by atoms with Crippen molar-refractivity contribution >= 4 is 58.2 Å². The van der Waals surface area contributed by atoms with Crippen molar-refractivity contribution in [3.05, 3.63) is 129 Å². The number of benzene rings is 3. The summed E-state index contributed by atoms with van der Waals surface area (Å²) in [6.45, 7) is 3.99. The van der Waals surface area contributed by atoms with E-state index in [9.17, 15) is 9.59 Å². The van der Waals surface area contributed by atoms with Crippen LogP contribution in [0.2, 0.25) is 15.1 Å². The van der Waals surface area contributed by atoms with Gasteiger partial charge in [-0.15, -0.1) is 0 Å². The molecular weight excluding hydrogens is 591 g/mol. The summed E-state index contributed by atoms with van der Waals surface area (Å²) in [7, 11) is 0. The second-order valence-electron chi connectivity index (χ2n) is 8.95. The van der Waals surface area contributed by atoms with Gasteiger partial charge in [0.25, 0.3) is 5.56 Å². The number of allylic oxidation sites excluding steroid dienone is 1. The summed E-state index contributed by atoms with van der Waals surface area (Å²) in [6, 6.07) is 19.0. The van der Waals surface area contributed by atoms with Gasteiger partial charge in [-0.3, -0.25) is 9.36 Å². The average Bonchev–Trinajstić information content (AvgIpc) is 3.23. The van der Waals surface area contributed by atoms with E-state index >= 15 is 0 Å². The van der Waals surface area contributed by atoms with Gasteiger partial charge in [0.15, 0.2) is 4.80 Å². The van der Waals surface area contributed by atoms with E-state index in [0.717, 1.165) is 16.7 Å². The Balaban J connectivity index is 1.48. The van der Waals surface area contributed by atoms with Crippen LogP contribution in [-0.2, 0) is 16.1 Å².